The Labute approximate surface area is 113 Å². The molecule has 1 amide bonds. The van der Waals surface area contributed by atoms with Crippen LogP contribution in [-0.2, 0) is 10.0 Å². The van der Waals surface area contributed by atoms with Crippen LogP contribution in [-0.4, -0.2) is 31.2 Å². The van der Waals surface area contributed by atoms with E-state index in [-0.39, 0.29) is 30.7 Å². The van der Waals surface area contributed by atoms with Crippen molar-refractivity contribution in [2.45, 2.75) is 26.3 Å². The molecule has 8 heteroatoms. The summed E-state index contributed by atoms with van der Waals surface area (Å²) in [4.78, 5) is 11.9. The fourth-order valence-corrected chi connectivity index (χ4v) is 2.22. The molecule has 1 heterocycles. The van der Waals surface area contributed by atoms with Gasteiger partial charge < -0.3 is 15.6 Å². The number of hydrogen-bond acceptors (Lipinski definition) is 4. The van der Waals surface area contributed by atoms with Gasteiger partial charge in [-0.1, -0.05) is 0 Å². The second-order valence-electron chi connectivity index (χ2n) is 4.64. The van der Waals surface area contributed by atoms with E-state index in [2.05, 4.69) is 5.32 Å². The molecule has 0 aliphatic heterocycles. The predicted molar refractivity (Wildman–Crippen MR) is 74.2 cm³/mol. The van der Waals surface area contributed by atoms with Gasteiger partial charge in [-0.2, -0.15) is 0 Å². The number of aromatic nitrogens is 1. The molecule has 0 aromatic carbocycles. The summed E-state index contributed by atoms with van der Waals surface area (Å²) in [6, 6.07) is 1.71. The van der Waals surface area contributed by atoms with Gasteiger partial charge in [0.1, 0.15) is 5.69 Å². The van der Waals surface area contributed by atoms with Crippen molar-refractivity contribution in [1.82, 2.24) is 9.88 Å². The van der Waals surface area contributed by atoms with Crippen molar-refractivity contribution in [3.8, 4) is 0 Å². The normalized spacial score (nSPS) is 11.8. The highest BCUT2D eigenvalue weighted by Crippen LogP contribution is 2.16. The molecule has 0 saturated carbocycles. The zero-order valence-corrected chi connectivity index (χ0v) is 11.9. The molecule has 0 aliphatic rings. The average Bonchev–Trinajstić information content (AvgIpc) is 2.65. The number of carbonyl (C=O) groups excluding carboxylic acids is 1. The van der Waals surface area contributed by atoms with Gasteiger partial charge in [-0.25, -0.2) is 13.6 Å². The number of nitrogens with one attached hydrogen (secondary N) is 1. The molecule has 5 N–H and O–H groups in total. The van der Waals surface area contributed by atoms with Crippen molar-refractivity contribution in [1.29, 1.82) is 0 Å². The summed E-state index contributed by atoms with van der Waals surface area (Å²) in [7, 11) is -3.48. The van der Waals surface area contributed by atoms with Crippen LogP contribution in [0.5, 0.6) is 0 Å². The first kappa shape index (κ1) is 15.5. The lowest BCUT2D eigenvalue weighted by Gasteiger charge is -2.12. The number of rotatable bonds is 6. The number of nitrogens with two attached hydrogens (primary N) is 2. The standard InChI is InChI=1S/C11H20N4O3S/c1-8(2)15-7-9(12)6-10(15)11(16)14-4-3-5-19(13,17)18/h6-8H,3-5,12H2,1-2H3,(H,14,16)(H2,13,17,18). The topological polar surface area (TPSA) is 120 Å². The Hall–Kier alpha value is -1.54. The Morgan fingerprint density at radius 3 is 2.63 bits per heavy atom. The molecule has 0 bridgehead atoms. The Morgan fingerprint density at radius 1 is 1.47 bits per heavy atom. The van der Waals surface area contributed by atoms with Crippen LogP contribution in [0.15, 0.2) is 12.3 Å². The summed E-state index contributed by atoms with van der Waals surface area (Å²) >= 11 is 0. The van der Waals surface area contributed by atoms with E-state index in [1.54, 1.807) is 16.8 Å². The Balaban J connectivity index is 2.59. The van der Waals surface area contributed by atoms with Crippen molar-refractivity contribution in [2.24, 2.45) is 5.14 Å². The van der Waals surface area contributed by atoms with Crippen molar-refractivity contribution < 1.29 is 13.2 Å². The molecule has 0 saturated heterocycles. The number of nitrogens with zero attached hydrogens (tertiary/aromatic N) is 1. The van der Waals surface area contributed by atoms with Gasteiger partial charge in [0, 0.05) is 18.8 Å². The number of hydrogen-bond donors (Lipinski definition) is 3. The van der Waals surface area contributed by atoms with E-state index in [4.69, 9.17) is 10.9 Å². The lowest BCUT2D eigenvalue weighted by molar-refractivity contribution is 0.0943. The molecule has 0 atom stereocenters. The molecule has 7 nitrogen and oxygen atoms in total. The number of amides is 1. The fraction of sp³-hybridized carbons (Fsp3) is 0.545. The maximum atomic E-state index is 11.9. The number of sulfonamides is 1. The second kappa shape index (κ2) is 6.07. The first-order chi connectivity index (χ1) is 8.70. The Bertz CT molecular complexity index is 548. The molecule has 0 radical (unpaired) electrons. The number of anilines is 1. The third-order valence-electron chi connectivity index (χ3n) is 2.55. The van der Waals surface area contributed by atoms with Crippen molar-refractivity contribution >= 4 is 21.6 Å². The van der Waals surface area contributed by atoms with Crippen LogP contribution in [0.2, 0.25) is 0 Å². The minimum Gasteiger partial charge on any atom is -0.397 e. The molecular weight excluding hydrogens is 268 g/mol. The molecule has 1 aromatic heterocycles. The maximum absolute atomic E-state index is 11.9. The lowest BCUT2D eigenvalue weighted by atomic mass is 10.3. The maximum Gasteiger partial charge on any atom is 0.267 e. The van der Waals surface area contributed by atoms with Gasteiger partial charge in [-0.15, -0.1) is 0 Å². The molecule has 0 unspecified atom stereocenters. The zero-order valence-electron chi connectivity index (χ0n) is 11.1. The van der Waals surface area contributed by atoms with E-state index < -0.39 is 10.0 Å². The van der Waals surface area contributed by atoms with Crippen LogP contribution in [0.1, 0.15) is 36.8 Å². The first-order valence-electron chi connectivity index (χ1n) is 5.96. The summed E-state index contributed by atoms with van der Waals surface area (Å²) < 4.78 is 23.2. The Morgan fingerprint density at radius 2 is 2.11 bits per heavy atom. The van der Waals surface area contributed by atoms with E-state index in [0.29, 0.717) is 11.4 Å². The molecule has 0 spiro atoms. The summed E-state index contributed by atoms with van der Waals surface area (Å²) in [6.45, 7) is 4.13. The van der Waals surface area contributed by atoms with E-state index in [1.807, 2.05) is 13.8 Å². The van der Waals surface area contributed by atoms with Gasteiger partial charge in [0.15, 0.2) is 0 Å². The molecule has 1 rings (SSSR count). The van der Waals surface area contributed by atoms with Gasteiger partial charge in [-0.3, -0.25) is 4.79 Å². The monoisotopic (exact) mass is 288 g/mol. The van der Waals surface area contributed by atoms with E-state index in [0.717, 1.165) is 0 Å². The highest BCUT2D eigenvalue weighted by Gasteiger charge is 2.14. The minimum atomic E-state index is -3.48. The highest BCUT2D eigenvalue weighted by atomic mass is 32.2. The van der Waals surface area contributed by atoms with Gasteiger partial charge in [0.25, 0.3) is 5.91 Å². The van der Waals surface area contributed by atoms with Crippen LogP contribution < -0.4 is 16.2 Å². The van der Waals surface area contributed by atoms with Crippen molar-refractivity contribution in [3.05, 3.63) is 18.0 Å². The molecule has 1 aromatic rings. The fourth-order valence-electron chi connectivity index (χ4n) is 1.68. The third kappa shape index (κ3) is 4.92. The second-order valence-corrected chi connectivity index (χ2v) is 6.37. The van der Waals surface area contributed by atoms with Crippen LogP contribution in [0, 0.1) is 0 Å². The molecule has 0 fully saturated rings. The van der Waals surface area contributed by atoms with Gasteiger partial charge in [0.05, 0.1) is 11.4 Å². The van der Waals surface area contributed by atoms with Crippen LogP contribution >= 0.6 is 0 Å². The van der Waals surface area contributed by atoms with Crippen LogP contribution in [0.25, 0.3) is 0 Å². The largest absolute Gasteiger partial charge is 0.397 e. The third-order valence-corrected chi connectivity index (χ3v) is 3.41. The van der Waals surface area contributed by atoms with E-state index in [9.17, 15) is 13.2 Å². The van der Waals surface area contributed by atoms with Gasteiger partial charge in [0.2, 0.25) is 10.0 Å². The highest BCUT2D eigenvalue weighted by molar-refractivity contribution is 7.89. The summed E-state index contributed by atoms with van der Waals surface area (Å²) in [6.07, 6.45) is 1.98. The zero-order chi connectivity index (χ0) is 14.6. The molecule has 108 valence electrons. The SMILES string of the molecule is CC(C)n1cc(N)cc1C(=O)NCCCS(N)(=O)=O. The first-order valence-corrected chi connectivity index (χ1v) is 7.68. The molecule has 19 heavy (non-hydrogen) atoms. The number of nitrogen functional groups attached to an aromatic ring is 1. The van der Waals surface area contributed by atoms with Gasteiger partial charge in [-0.05, 0) is 26.3 Å². The van der Waals surface area contributed by atoms with Crippen LogP contribution in [0.4, 0.5) is 5.69 Å². The number of carbonyl (C=O) groups is 1. The minimum absolute atomic E-state index is 0.113. The molecular formula is C11H20N4O3S. The smallest absolute Gasteiger partial charge is 0.267 e. The quantitative estimate of drug-likeness (QED) is 0.641. The Kier molecular flexibility index (Phi) is 4.96. The predicted octanol–water partition coefficient (Wildman–Crippen LogP) is 0.0596. The summed E-state index contributed by atoms with van der Waals surface area (Å²) in [5.74, 6) is -0.430. The molecule has 0 aliphatic carbocycles. The van der Waals surface area contributed by atoms with E-state index >= 15 is 0 Å². The van der Waals surface area contributed by atoms with Crippen LogP contribution in [0.3, 0.4) is 0 Å². The summed E-state index contributed by atoms with van der Waals surface area (Å²) in [5, 5.41) is 7.51. The average molecular weight is 288 g/mol. The van der Waals surface area contributed by atoms with Crippen molar-refractivity contribution in [3.63, 3.8) is 0 Å². The van der Waals surface area contributed by atoms with Gasteiger partial charge >= 0.3 is 0 Å². The lowest BCUT2D eigenvalue weighted by Crippen LogP contribution is -2.29. The summed E-state index contributed by atoms with van der Waals surface area (Å²) in [5.41, 5.74) is 6.65. The number of primary sulfonamides is 1. The van der Waals surface area contributed by atoms with E-state index in [1.165, 1.54) is 0 Å². The van der Waals surface area contributed by atoms with Crippen molar-refractivity contribution in [2.75, 3.05) is 18.0 Å².